The molecule has 1 aromatic heterocycles. The maximum Gasteiger partial charge on any atom is 0.325 e. The van der Waals surface area contributed by atoms with E-state index in [1.807, 2.05) is 41.4 Å². The Labute approximate surface area is 122 Å². The number of carboxylic acids is 1. The van der Waals surface area contributed by atoms with Gasteiger partial charge in [0.2, 0.25) is 0 Å². The molecular formula is C15H17N3O3. The number of hydrogen-bond donors (Lipinski definition) is 1. The molecule has 1 aromatic carbocycles. The van der Waals surface area contributed by atoms with Crippen molar-refractivity contribution in [2.45, 2.75) is 6.04 Å². The van der Waals surface area contributed by atoms with E-state index in [2.05, 4.69) is 5.10 Å². The number of rotatable bonds is 4. The number of ether oxygens (including phenoxy) is 1. The summed E-state index contributed by atoms with van der Waals surface area (Å²) in [6, 6.07) is 8.70. The van der Waals surface area contributed by atoms with Crippen LogP contribution >= 0.6 is 0 Å². The Kier molecular flexibility index (Phi) is 3.98. The van der Waals surface area contributed by atoms with Gasteiger partial charge in [-0.15, -0.1) is 0 Å². The molecule has 2 aromatic rings. The summed E-state index contributed by atoms with van der Waals surface area (Å²) in [5.41, 5.74) is 1.69. The lowest BCUT2D eigenvalue weighted by Gasteiger charge is -2.32. The van der Waals surface area contributed by atoms with Gasteiger partial charge in [-0.2, -0.15) is 5.10 Å². The van der Waals surface area contributed by atoms with Crippen LogP contribution in [-0.4, -0.2) is 52.1 Å². The highest BCUT2D eigenvalue weighted by molar-refractivity contribution is 5.75. The van der Waals surface area contributed by atoms with Crippen molar-refractivity contribution in [3.8, 4) is 5.69 Å². The fourth-order valence-electron chi connectivity index (χ4n) is 2.58. The number of carbonyl (C=O) groups is 1. The van der Waals surface area contributed by atoms with Crippen LogP contribution in [0.1, 0.15) is 11.6 Å². The number of carboxylic acid groups (broad SMARTS) is 1. The van der Waals surface area contributed by atoms with Gasteiger partial charge in [0.1, 0.15) is 6.04 Å². The van der Waals surface area contributed by atoms with E-state index in [9.17, 15) is 9.90 Å². The Balaban J connectivity index is 1.84. The first-order chi connectivity index (χ1) is 10.3. The van der Waals surface area contributed by atoms with Crippen molar-refractivity contribution in [1.29, 1.82) is 0 Å². The molecule has 1 saturated heterocycles. The zero-order valence-corrected chi connectivity index (χ0v) is 11.6. The molecule has 0 saturated carbocycles. The van der Waals surface area contributed by atoms with E-state index >= 15 is 0 Å². The summed E-state index contributed by atoms with van der Waals surface area (Å²) in [7, 11) is 0. The maximum atomic E-state index is 11.6. The molecule has 0 aliphatic carbocycles. The van der Waals surface area contributed by atoms with Crippen LogP contribution in [0, 0.1) is 0 Å². The van der Waals surface area contributed by atoms with E-state index in [0.717, 1.165) is 11.3 Å². The minimum atomic E-state index is -0.830. The molecule has 1 atom stereocenters. The Morgan fingerprint density at radius 2 is 1.95 bits per heavy atom. The van der Waals surface area contributed by atoms with Crippen LogP contribution in [0.25, 0.3) is 5.69 Å². The normalized spacial score (nSPS) is 17.5. The average Bonchev–Trinajstić information content (AvgIpc) is 3.03. The van der Waals surface area contributed by atoms with E-state index in [4.69, 9.17) is 4.74 Å². The third-order valence-corrected chi connectivity index (χ3v) is 3.62. The predicted octanol–water partition coefficient (Wildman–Crippen LogP) is 1.33. The van der Waals surface area contributed by atoms with Crippen molar-refractivity contribution in [1.82, 2.24) is 14.7 Å². The van der Waals surface area contributed by atoms with Gasteiger partial charge in [0.25, 0.3) is 0 Å². The number of aromatic nitrogens is 2. The number of benzene rings is 1. The summed E-state index contributed by atoms with van der Waals surface area (Å²) < 4.78 is 7.03. The molecule has 0 radical (unpaired) electrons. The van der Waals surface area contributed by atoms with Crippen molar-refractivity contribution >= 4 is 5.97 Å². The van der Waals surface area contributed by atoms with Crippen LogP contribution in [-0.2, 0) is 9.53 Å². The predicted molar refractivity (Wildman–Crippen MR) is 76.3 cm³/mol. The monoisotopic (exact) mass is 287 g/mol. The summed E-state index contributed by atoms with van der Waals surface area (Å²) >= 11 is 0. The largest absolute Gasteiger partial charge is 0.480 e. The highest BCUT2D eigenvalue weighted by Gasteiger charge is 2.28. The SMILES string of the molecule is O=C(O)[C@@H](c1ccc(-n2cccn2)cc1)N1CCOCC1. The highest BCUT2D eigenvalue weighted by Crippen LogP contribution is 2.23. The summed E-state index contributed by atoms with van der Waals surface area (Å²) in [6.07, 6.45) is 3.56. The lowest BCUT2D eigenvalue weighted by molar-refractivity contribution is -0.145. The molecule has 2 heterocycles. The van der Waals surface area contributed by atoms with Crippen LogP contribution < -0.4 is 0 Å². The van der Waals surface area contributed by atoms with Crippen LogP contribution in [0.15, 0.2) is 42.7 Å². The molecule has 6 heteroatoms. The first-order valence-corrected chi connectivity index (χ1v) is 6.90. The molecule has 6 nitrogen and oxygen atoms in total. The molecule has 0 amide bonds. The Hall–Kier alpha value is -2.18. The van der Waals surface area contributed by atoms with Gasteiger partial charge in [-0.1, -0.05) is 12.1 Å². The van der Waals surface area contributed by atoms with Crippen molar-refractivity contribution in [3.63, 3.8) is 0 Å². The molecule has 1 fully saturated rings. The fraction of sp³-hybridized carbons (Fsp3) is 0.333. The highest BCUT2D eigenvalue weighted by atomic mass is 16.5. The van der Waals surface area contributed by atoms with Crippen LogP contribution in [0.3, 0.4) is 0 Å². The van der Waals surface area contributed by atoms with E-state index in [0.29, 0.717) is 26.3 Å². The first kappa shape index (κ1) is 13.8. The molecular weight excluding hydrogens is 270 g/mol. The van der Waals surface area contributed by atoms with Crippen molar-refractivity contribution in [2.24, 2.45) is 0 Å². The zero-order valence-electron chi connectivity index (χ0n) is 11.6. The summed E-state index contributed by atoms with van der Waals surface area (Å²) in [6.45, 7) is 2.43. The van der Waals surface area contributed by atoms with Gasteiger partial charge in [0.05, 0.1) is 18.9 Å². The Morgan fingerprint density at radius 1 is 1.24 bits per heavy atom. The van der Waals surface area contributed by atoms with Crippen LogP contribution in [0.5, 0.6) is 0 Å². The van der Waals surface area contributed by atoms with E-state index in [1.54, 1.807) is 10.9 Å². The first-order valence-electron chi connectivity index (χ1n) is 6.90. The number of morpholine rings is 1. The number of nitrogens with zero attached hydrogens (tertiary/aromatic N) is 3. The minimum Gasteiger partial charge on any atom is -0.480 e. The second-order valence-electron chi connectivity index (χ2n) is 4.93. The lowest BCUT2D eigenvalue weighted by atomic mass is 10.0. The van der Waals surface area contributed by atoms with E-state index in [1.165, 1.54) is 0 Å². The summed E-state index contributed by atoms with van der Waals surface area (Å²) in [5, 5.41) is 13.7. The van der Waals surface area contributed by atoms with Gasteiger partial charge in [0.15, 0.2) is 0 Å². The minimum absolute atomic E-state index is 0.579. The smallest absolute Gasteiger partial charge is 0.325 e. The van der Waals surface area contributed by atoms with Gasteiger partial charge in [0, 0.05) is 25.5 Å². The van der Waals surface area contributed by atoms with Crippen LogP contribution in [0.4, 0.5) is 0 Å². The van der Waals surface area contributed by atoms with Gasteiger partial charge in [-0.3, -0.25) is 9.69 Å². The molecule has 0 bridgehead atoms. The number of hydrogen-bond acceptors (Lipinski definition) is 4. The topological polar surface area (TPSA) is 67.6 Å². The quantitative estimate of drug-likeness (QED) is 0.919. The molecule has 1 aliphatic heterocycles. The Bertz CT molecular complexity index is 589. The Morgan fingerprint density at radius 3 is 2.52 bits per heavy atom. The van der Waals surface area contributed by atoms with Crippen molar-refractivity contribution in [3.05, 3.63) is 48.3 Å². The van der Waals surface area contributed by atoms with Gasteiger partial charge >= 0.3 is 5.97 Å². The maximum absolute atomic E-state index is 11.6. The van der Waals surface area contributed by atoms with E-state index in [-0.39, 0.29) is 0 Å². The average molecular weight is 287 g/mol. The summed E-state index contributed by atoms with van der Waals surface area (Å²) in [5.74, 6) is -0.830. The molecule has 0 spiro atoms. The molecule has 110 valence electrons. The zero-order chi connectivity index (χ0) is 14.7. The second kappa shape index (κ2) is 6.07. The molecule has 21 heavy (non-hydrogen) atoms. The van der Waals surface area contributed by atoms with E-state index < -0.39 is 12.0 Å². The lowest BCUT2D eigenvalue weighted by Crippen LogP contribution is -2.42. The second-order valence-corrected chi connectivity index (χ2v) is 4.93. The van der Waals surface area contributed by atoms with Gasteiger partial charge < -0.3 is 9.84 Å². The molecule has 0 unspecified atom stereocenters. The molecule has 1 aliphatic rings. The summed E-state index contributed by atoms with van der Waals surface area (Å²) in [4.78, 5) is 13.6. The molecule has 3 rings (SSSR count). The molecule has 1 N–H and O–H groups in total. The van der Waals surface area contributed by atoms with Crippen molar-refractivity contribution in [2.75, 3.05) is 26.3 Å². The third-order valence-electron chi connectivity index (χ3n) is 3.62. The van der Waals surface area contributed by atoms with Gasteiger partial charge in [-0.05, 0) is 23.8 Å². The number of aliphatic carboxylic acids is 1. The van der Waals surface area contributed by atoms with Crippen molar-refractivity contribution < 1.29 is 14.6 Å². The third kappa shape index (κ3) is 2.96. The fourth-order valence-corrected chi connectivity index (χ4v) is 2.58. The van der Waals surface area contributed by atoms with Crippen LogP contribution in [0.2, 0.25) is 0 Å². The van der Waals surface area contributed by atoms with Gasteiger partial charge in [-0.25, -0.2) is 4.68 Å². The standard InChI is InChI=1S/C15H17N3O3/c19-15(20)14(17-8-10-21-11-9-17)12-2-4-13(5-3-12)18-7-1-6-16-18/h1-7,14H,8-11H2,(H,19,20)/t14-/m1/s1.